The zero-order valence-electron chi connectivity index (χ0n) is 13.7. The van der Waals surface area contributed by atoms with Crippen LogP contribution in [0.5, 0.6) is 0 Å². The molecule has 1 aliphatic rings. The highest BCUT2D eigenvalue weighted by atomic mass is 79.9. The molecule has 0 aromatic carbocycles. The topological polar surface area (TPSA) is 50.1 Å². The van der Waals surface area contributed by atoms with E-state index in [0.717, 1.165) is 54.6 Å². The molecule has 0 atom stereocenters. The smallest absolute Gasteiger partial charge is 0.0772 e. The Kier molecular flexibility index (Phi) is 5.16. The first-order valence-electron chi connectivity index (χ1n) is 7.91. The first-order valence-corrected chi connectivity index (χ1v) is 8.70. The first-order chi connectivity index (χ1) is 9.76. The Hall–Kier alpha value is -0.390. The van der Waals surface area contributed by atoms with Crippen LogP contribution in [0.1, 0.15) is 57.8 Å². The Morgan fingerprint density at radius 3 is 2.48 bits per heavy atom. The van der Waals surface area contributed by atoms with Crippen molar-refractivity contribution in [2.75, 3.05) is 6.54 Å². The van der Waals surface area contributed by atoms with Crippen molar-refractivity contribution in [2.45, 2.75) is 72.1 Å². The maximum absolute atomic E-state index is 10.7. The maximum Gasteiger partial charge on any atom is 0.0772 e. The largest absolute Gasteiger partial charge is 0.389 e. The fourth-order valence-electron chi connectivity index (χ4n) is 3.02. The number of halogens is 1. The van der Waals surface area contributed by atoms with E-state index in [1.165, 1.54) is 0 Å². The predicted molar refractivity (Wildman–Crippen MR) is 89.2 cm³/mol. The van der Waals surface area contributed by atoms with E-state index in [9.17, 15) is 5.11 Å². The molecule has 2 rings (SSSR count). The van der Waals surface area contributed by atoms with E-state index in [1.807, 2.05) is 11.6 Å². The van der Waals surface area contributed by atoms with Crippen LogP contribution in [0.2, 0.25) is 0 Å². The van der Waals surface area contributed by atoms with E-state index in [2.05, 4.69) is 47.1 Å². The average Bonchev–Trinajstić information content (AvgIpc) is 2.70. The molecule has 0 spiro atoms. The van der Waals surface area contributed by atoms with Crippen molar-refractivity contribution in [2.24, 2.45) is 5.41 Å². The van der Waals surface area contributed by atoms with Gasteiger partial charge in [0.05, 0.1) is 21.5 Å². The number of aromatic nitrogens is 2. The molecule has 0 amide bonds. The zero-order chi connectivity index (χ0) is 15.7. The van der Waals surface area contributed by atoms with E-state index in [1.54, 1.807) is 0 Å². The molecule has 1 aromatic rings. The fourth-order valence-corrected chi connectivity index (χ4v) is 3.44. The van der Waals surface area contributed by atoms with E-state index >= 15 is 0 Å². The lowest BCUT2D eigenvalue weighted by atomic mass is 9.71. The maximum atomic E-state index is 10.7. The van der Waals surface area contributed by atoms with Crippen LogP contribution < -0.4 is 5.32 Å². The summed E-state index contributed by atoms with van der Waals surface area (Å²) in [6, 6.07) is 0. The van der Waals surface area contributed by atoms with Gasteiger partial charge in [-0.05, 0) is 60.9 Å². The Morgan fingerprint density at radius 2 is 1.90 bits per heavy atom. The molecular formula is C16H28BrN3O. The summed E-state index contributed by atoms with van der Waals surface area (Å²) in [5, 5.41) is 18.6. The third-order valence-corrected chi connectivity index (χ3v) is 5.77. The lowest BCUT2D eigenvalue weighted by Crippen LogP contribution is -2.45. The van der Waals surface area contributed by atoms with Crippen LogP contribution >= 0.6 is 15.9 Å². The van der Waals surface area contributed by atoms with Gasteiger partial charge >= 0.3 is 0 Å². The Bertz CT molecular complexity index is 486. The molecule has 1 heterocycles. The highest BCUT2D eigenvalue weighted by molar-refractivity contribution is 9.10. The molecule has 1 saturated carbocycles. The van der Waals surface area contributed by atoms with Crippen molar-refractivity contribution in [1.29, 1.82) is 0 Å². The van der Waals surface area contributed by atoms with Gasteiger partial charge in [-0.3, -0.25) is 4.68 Å². The van der Waals surface area contributed by atoms with Gasteiger partial charge in [0.15, 0.2) is 0 Å². The quantitative estimate of drug-likeness (QED) is 0.848. The minimum Gasteiger partial charge on any atom is -0.389 e. The summed E-state index contributed by atoms with van der Waals surface area (Å²) in [6.07, 6.45) is 3.97. The van der Waals surface area contributed by atoms with Crippen LogP contribution in [-0.4, -0.2) is 27.0 Å². The van der Waals surface area contributed by atoms with Gasteiger partial charge in [-0.25, -0.2) is 0 Å². The van der Waals surface area contributed by atoms with Crippen molar-refractivity contribution >= 4 is 15.9 Å². The minimum atomic E-state index is -0.548. The number of aliphatic hydroxyl groups is 1. The Labute approximate surface area is 136 Å². The summed E-state index contributed by atoms with van der Waals surface area (Å²) in [4.78, 5) is 0. The van der Waals surface area contributed by atoms with Crippen molar-refractivity contribution < 1.29 is 5.11 Å². The molecule has 4 nitrogen and oxygen atoms in total. The van der Waals surface area contributed by atoms with Crippen LogP contribution in [0.3, 0.4) is 0 Å². The lowest BCUT2D eigenvalue weighted by molar-refractivity contribution is -0.0246. The predicted octanol–water partition coefficient (Wildman–Crippen LogP) is 3.39. The van der Waals surface area contributed by atoms with Crippen LogP contribution in [0.4, 0.5) is 0 Å². The van der Waals surface area contributed by atoms with Crippen LogP contribution in [0, 0.1) is 12.3 Å². The van der Waals surface area contributed by atoms with Gasteiger partial charge in [-0.1, -0.05) is 13.8 Å². The molecule has 0 aliphatic heterocycles. The van der Waals surface area contributed by atoms with Gasteiger partial charge in [-0.15, -0.1) is 0 Å². The number of nitrogens with zero attached hydrogens (tertiary/aromatic N) is 2. The van der Waals surface area contributed by atoms with Crippen molar-refractivity contribution in [3.8, 4) is 0 Å². The number of hydrogen-bond donors (Lipinski definition) is 2. The summed E-state index contributed by atoms with van der Waals surface area (Å²) >= 11 is 3.61. The number of hydrogen-bond acceptors (Lipinski definition) is 3. The molecule has 1 aromatic heterocycles. The minimum absolute atomic E-state index is 0.382. The van der Waals surface area contributed by atoms with Gasteiger partial charge in [0.1, 0.15) is 0 Å². The SMILES string of the molecule is CCn1nc(C)c(Br)c1CNCC1(O)CCC(C)(C)CC1. The van der Waals surface area contributed by atoms with Crippen molar-refractivity contribution in [1.82, 2.24) is 15.1 Å². The molecule has 0 radical (unpaired) electrons. The summed E-state index contributed by atoms with van der Waals surface area (Å²) in [5.74, 6) is 0. The van der Waals surface area contributed by atoms with Gasteiger partial charge in [0.2, 0.25) is 0 Å². The molecule has 1 aliphatic carbocycles. The summed E-state index contributed by atoms with van der Waals surface area (Å²) in [7, 11) is 0. The second-order valence-corrected chi connectivity index (χ2v) is 7.95. The van der Waals surface area contributed by atoms with Crippen molar-refractivity contribution in [3.05, 3.63) is 15.9 Å². The highest BCUT2D eigenvalue weighted by Gasteiger charge is 2.36. The van der Waals surface area contributed by atoms with E-state index in [-0.39, 0.29) is 0 Å². The first kappa shape index (κ1) is 17.0. The van der Waals surface area contributed by atoms with E-state index in [0.29, 0.717) is 12.0 Å². The normalized spacial score (nSPS) is 20.7. The van der Waals surface area contributed by atoms with Crippen LogP contribution in [0.25, 0.3) is 0 Å². The summed E-state index contributed by atoms with van der Waals surface area (Å²) < 4.78 is 3.09. The van der Waals surface area contributed by atoms with Crippen LogP contribution in [0.15, 0.2) is 4.47 Å². The van der Waals surface area contributed by atoms with E-state index in [4.69, 9.17) is 0 Å². The molecular weight excluding hydrogens is 330 g/mol. The summed E-state index contributed by atoms with van der Waals surface area (Å²) in [5.41, 5.74) is 2.02. The molecule has 0 saturated heterocycles. The summed E-state index contributed by atoms with van der Waals surface area (Å²) in [6.45, 7) is 10.9. The van der Waals surface area contributed by atoms with Gasteiger partial charge in [0, 0.05) is 19.6 Å². The van der Waals surface area contributed by atoms with Gasteiger partial charge < -0.3 is 10.4 Å². The Balaban J connectivity index is 1.90. The van der Waals surface area contributed by atoms with Crippen molar-refractivity contribution in [3.63, 3.8) is 0 Å². The molecule has 120 valence electrons. The number of aryl methyl sites for hydroxylation is 2. The molecule has 1 fully saturated rings. The molecule has 0 unspecified atom stereocenters. The van der Waals surface area contributed by atoms with Crippen LogP contribution in [-0.2, 0) is 13.1 Å². The second-order valence-electron chi connectivity index (χ2n) is 7.15. The third-order valence-electron chi connectivity index (χ3n) is 4.73. The zero-order valence-corrected chi connectivity index (χ0v) is 15.3. The molecule has 5 heteroatoms. The van der Waals surface area contributed by atoms with Gasteiger partial charge in [0.25, 0.3) is 0 Å². The van der Waals surface area contributed by atoms with Gasteiger partial charge in [-0.2, -0.15) is 5.10 Å². The molecule has 0 bridgehead atoms. The average molecular weight is 358 g/mol. The molecule has 21 heavy (non-hydrogen) atoms. The third kappa shape index (κ3) is 4.08. The monoisotopic (exact) mass is 357 g/mol. The second kappa shape index (κ2) is 6.39. The van der Waals surface area contributed by atoms with E-state index < -0.39 is 5.60 Å². The highest BCUT2D eigenvalue weighted by Crippen LogP contribution is 2.39. The Morgan fingerprint density at radius 1 is 1.29 bits per heavy atom. The standard InChI is InChI=1S/C16H28BrN3O/c1-5-20-13(14(17)12(2)19-20)10-18-11-16(21)8-6-15(3,4)7-9-16/h18,21H,5-11H2,1-4H3. The fraction of sp³-hybridized carbons (Fsp3) is 0.812. The number of rotatable bonds is 5. The number of nitrogens with one attached hydrogen (secondary N) is 1. The lowest BCUT2D eigenvalue weighted by Gasteiger charge is -2.40. The molecule has 2 N–H and O–H groups in total.